The van der Waals surface area contributed by atoms with Crippen molar-refractivity contribution < 1.29 is 41.9 Å². The number of unbranched alkanes of at least 4 members (excludes halogenated alkanes) is 8. The van der Waals surface area contributed by atoms with E-state index in [4.69, 9.17) is 23.6 Å². The van der Waals surface area contributed by atoms with Gasteiger partial charge in [0, 0.05) is 51.9 Å². The van der Waals surface area contributed by atoms with Crippen molar-refractivity contribution in [3.8, 4) is 40.4 Å². The number of halogens is 2. The molecule has 0 saturated carbocycles. The number of carbonyl (C=O) groups is 2. The summed E-state index contributed by atoms with van der Waals surface area (Å²) in [4.78, 5) is 32.5. The van der Waals surface area contributed by atoms with Gasteiger partial charge in [-0.25, -0.2) is 23.0 Å². The van der Waals surface area contributed by atoms with Gasteiger partial charge in [-0.2, -0.15) is 0 Å². The Hall–Kier alpha value is -3.96. The van der Waals surface area contributed by atoms with Crippen LogP contribution < -0.4 is 10.4 Å². The molecule has 0 amide bonds. The number of benzene rings is 1. The van der Waals surface area contributed by atoms with Gasteiger partial charge in [0.25, 0.3) is 0 Å². The van der Waals surface area contributed by atoms with Crippen LogP contribution in [-0.2, 0) is 31.8 Å². The summed E-state index contributed by atoms with van der Waals surface area (Å²) < 4.78 is 60.1. The highest BCUT2D eigenvalue weighted by Gasteiger charge is 2.50. The summed E-state index contributed by atoms with van der Waals surface area (Å²) in [5, 5.41) is 11.5. The van der Waals surface area contributed by atoms with Crippen molar-refractivity contribution in [1.29, 1.82) is 0 Å². The van der Waals surface area contributed by atoms with Crippen LogP contribution in [0.1, 0.15) is 152 Å². The van der Waals surface area contributed by atoms with Crippen molar-refractivity contribution in [2.45, 2.75) is 170 Å². The molecule has 7 rings (SSSR count). The van der Waals surface area contributed by atoms with Gasteiger partial charge < -0.3 is 18.9 Å². The highest BCUT2D eigenvalue weighted by molar-refractivity contribution is 7.32. The quantitative estimate of drug-likeness (QED) is 0.0258. The summed E-state index contributed by atoms with van der Waals surface area (Å²) in [6.45, 7) is 16.1. The molecule has 2 unspecified atom stereocenters. The van der Waals surface area contributed by atoms with Crippen LogP contribution in [0, 0.1) is 37.3 Å². The molecule has 1 aromatic carbocycles. The third-order valence-electron chi connectivity index (χ3n) is 14.6. The van der Waals surface area contributed by atoms with E-state index in [1.807, 2.05) is 35.7 Å². The predicted molar refractivity (Wildman–Crippen MR) is 297 cm³/mol. The van der Waals surface area contributed by atoms with Gasteiger partial charge in [-0.05, 0) is 100 Å². The van der Waals surface area contributed by atoms with E-state index >= 15 is 8.78 Å². The van der Waals surface area contributed by atoms with Gasteiger partial charge in [0.1, 0.15) is 19.1 Å². The fraction of sp³-hybridized carbons (Fsp3) is 0.571. The van der Waals surface area contributed by atoms with E-state index in [1.165, 1.54) is 126 Å². The Morgan fingerprint density at radius 1 is 0.597 bits per heavy atom. The number of rotatable bonds is 29. The standard InChI is InChI=1S/C56H74F2N2O7S4Si/c1-9-14-17-18-19-20-21-26-64-56(62)66-27-24-39-30-41(69-36(39)7)46-48(57)49(58)47(51-50(46)59-67-60-51)42-31-40(25-28-65-55(61)63-8)52(70-42)43-32-45-54(71-43)53-44(29-35(6)68-53)72(45,33-37(12-4)22-15-10-2)34-38(13-5)23-16-11-3/h29-32,37-38H,9-28,33-34H2,1-8H3. The fourth-order valence-corrected chi connectivity index (χ4v) is 23.5. The molecule has 16 heteroatoms. The van der Waals surface area contributed by atoms with Crippen LogP contribution in [0.3, 0.4) is 0 Å². The minimum atomic E-state index is -2.29. The van der Waals surface area contributed by atoms with Crippen LogP contribution in [0.4, 0.5) is 18.4 Å². The number of aryl methyl sites for hydroxylation is 2. The average Bonchev–Trinajstić information content (AvgIpc) is 4.25. The Morgan fingerprint density at radius 2 is 1.11 bits per heavy atom. The second kappa shape index (κ2) is 26.5. The Morgan fingerprint density at radius 3 is 1.72 bits per heavy atom. The van der Waals surface area contributed by atoms with Crippen LogP contribution in [0.2, 0.25) is 12.1 Å². The van der Waals surface area contributed by atoms with E-state index in [0.717, 1.165) is 57.9 Å². The Balaban J connectivity index is 1.22. The minimum absolute atomic E-state index is 0.0248. The molecule has 0 spiro atoms. The first kappa shape index (κ1) is 55.8. The predicted octanol–water partition coefficient (Wildman–Crippen LogP) is 17.1. The molecule has 0 fully saturated rings. The molecule has 0 bridgehead atoms. The molecular weight excluding hydrogens is 1010 g/mol. The Bertz CT molecular complexity index is 2720. The van der Waals surface area contributed by atoms with Crippen molar-refractivity contribution in [2.75, 3.05) is 26.9 Å². The number of carbonyl (C=O) groups excluding carboxylic acids is 2. The van der Waals surface area contributed by atoms with Crippen molar-refractivity contribution in [3.63, 3.8) is 0 Å². The van der Waals surface area contributed by atoms with E-state index < -0.39 is 32.0 Å². The number of hydrogen-bond donors (Lipinski definition) is 0. The first-order valence-corrected chi connectivity index (χ1v) is 32.2. The number of ether oxygens (including phenoxy) is 4. The zero-order valence-corrected chi connectivity index (χ0v) is 47.9. The Kier molecular flexibility index (Phi) is 20.5. The largest absolute Gasteiger partial charge is 0.508 e. The summed E-state index contributed by atoms with van der Waals surface area (Å²) in [7, 11) is -1.01. The molecule has 0 saturated heterocycles. The first-order valence-electron chi connectivity index (χ1n) is 26.5. The number of hydrogen-bond acceptors (Lipinski definition) is 13. The molecule has 1 aliphatic rings. The van der Waals surface area contributed by atoms with Gasteiger partial charge in [-0.15, -0.1) is 45.3 Å². The monoisotopic (exact) mass is 1080 g/mol. The minimum Gasteiger partial charge on any atom is -0.438 e. The zero-order chi connectivity index (χ0) is 51.4. The lowest BCUT2D eigenvalue weighted by Crippen LogP contribution is -2.56. The van der Waals surface area contributed by atoms with Crippen LogP contribution in [0.15, 0.2) is 28.9 Å². The van der Waals surface area contributed by atoms with Gasteiger partial charge in [0.05, 0.1) is 38.1 Å². The maximum absolute atomic E-state index is 17.1. The van der Waals surface area contributed by atoms with E-state index in [1.54, 1.807) is 11.3 Å². The second-order valence-electron chi connectivity index (χ2n) is 19.6. The fourth-order valence-electron chi connectivity index (χ4n) is 10.6. The van der Waals surface area contributed by atoms with Crippen molar-refractivity contribution in [3.05, 3.63) is 56.8 Å². The maximum atomic E-state index is 17.1. The van der Waals surface area contributed by atoms with Crippen LogP contribution >= 0.6 is 45.3 Å². The Labute approximate surface area is 442 Å². The average molecular weight is 1080 g/mol. The van der Waals surface area contributed by atoms with Crippen molar-refractivity contribution >= 4 is 87.1 Å². The third-order valence-corrected chi connectivity index (χ3v) is 25.2. The lowest BCUT2D eigenvalue weighted by Gasteiger charge is -2.35. The molecule has 9 nitrogen and oxygen atoms in total. The molecule has 72 heavy (non-hydrogen) atoms. The molecule has 6 aromatic rings. The van der Waals surface area contributed by atoms with Gasteiger partial charge in [0.15, 0.2) is 11.6 Å². The molecule has 0 radical (unpaired) electrons. The second-order valence-corrected chi connectivity index (χ2v) is 28.3. The maximum Gasteiger partial charge on any atom is 0.508 e. The lowest BCUT2D eigenvalue weighted by atomic mass is 10.0. The number of aromatic nitrogens is 2. The summed E-state index contributed by atoms with van der Waals surface area (Å²) in [6.07, 6.45) is 16.7. The SMILES string of the molecule is CCCCCCCCCOC(=O)OCCc1cc(-c2c(F)c(F)c(-c3cc(CCOC(=O)OC)c(-c4cc5c(s4)-c4sc(C)cc4[Si]5(CC(CC)CCCC)CC(CC)CCCC)s3)c3nonc23)sc1C. The summed E-state index contributed by atoms with van der Waals surface area (Å²) in [5.74, 6) is -0.822. The van der Waals surface area contributed by atoms with Gasteiger partial charge >= 0.3 is 12.3 Å². The topological polar surface area (TPSA) is 110 Å². The first-order chi connectivity index (χ1) is 34.9. The summed E-state index contributed by atoms with van der Waals surface area (Å²) >= 11 is 6.43. The lowest BCUT2D eigenvalue weighted by molar-refractivity contribution is 0.0548. The van der Waals surface area contributed by atoms with Crippen LogP contribution in [0.5, 0.6) is 0 Å². The highest BCUT2D eigenvalue weighted by atomic mass is 32.1. The molecule has 0 N–H and O–H groups in total. The molecule has 1 aliphatic heterocycles. The van der Waals surface area contributed by atoms with Crippen LogP contribution in [0.25, 0.3) is 51.4 Å². The molecule has 0 aliphatic carbocycles. The number of fused-ring (bicyclic) bond motifs is 4. The molecule has 392 valence electrons. The van der Waals surface area contributed by atoms with E-state index in [9.17, 15) is 9.59 Å². The number of nitrogens with zero attached hydrogens (tertiary/aromatic N) is 2. The molecule has 2 atom stereocenters. The third kappa shape index (κ3) is 12.7. The van der Waals surface area contributed by atoms with E-state index in [0.29, 0.717) is 41.0 Å². The van der Waals surface area contributed by atoms with E-state index in [2.05, 4.69) is 64.0 Å². The number of methoxy groups -OCH3 is 1. The van der Waals surface area contributed by atoms with Crippen LogP contribution in [-0.4, -0.2) is 57.6 Å². The number of thiophene rings is 4. The van der Waals surface area contributed by atoms with Gasteiger partial charge in [-0.1, -0.05) is 125 Å². The molecule has 5 aromatic heterocycles. The van der Waals surface area contributed by atoms with E-state index in [-0.39, 0.29) is 35.4 Å². The van der Waals surface area contributed by atoms with Crippen molar-refractivity contribution in [2.24, 2.45) is 11.8 Å². The highest BCUT2D eigenvalue weighted by Crippen LogP contribution is 2.51. The summed E-state index contributed by atoms with van der Waals surface area (Å²) in [6, 6.07) is 11.1. The smallest absolute Gasteiger partial charge is 0.438 e. The molecule has 6 heterocycles. The summed E-state index contributed by atoms with van der Waals surface area (Å²) in [5.41, 5.74) is 1.86. The van der Waals surface area contributed by atoms with Gasteiger partial charge in [0.2, 0.25) is 0 Å². The normalized spacial score (nSPS) is 15.0. The molecular formula is C56H74F2N2O7S4Si. The van der Waals surface area contributed by atoms with Gasteiger partial charge in [-0.3, -0.25) is 0 Å². The van der Waals surface area contributed by atoms with Crippen molar-refractivity contribution in [1.82, 2.24) is 10.3 Å². The zero-order valence-electron chi connectivity index (χ0n) is 43.7.